The van der Waals surface area contributed by atoms with E-state index in [2.05, 4.69) is 29.0 Å². The average Bonchev–Trinajstić information content (AvgIpc) is 3.21. The Morgan fingerprint density at radius 3 is 2.29 bits per heavy atom. The molecule has 21 heavy (non-hydrogen) atoms. The highest BCUT2D eigenvalue weighted by Crippen LogP contribution is 2.29. The monoisotopic (exact) mass is 296 g/mol. The fourth-order valence-electron chi connectivity index (χ4n) is 3.15. The Morgan fingerprint density at radius 2 is 1.81 bits per heavy atom. The van der Waals surface area contributed by atoms with Crippen molar-refractivity contribution in [1.29, 1.82) is 0 Å². The smallest absolute Gasteiger partial charge is 0.237 e. The number of nitrogens with two attached hydrogens (primary N) is 1. The molecular formula is C16H32N4O. The second-order valence-electron chi connectivity index (χ2n) is 7.33. The zero-order valence-corrected chi connectivity index (χ0v) is 13.9. The number of hydrogen-bond acceptors (Lipinski definition) is 4. The third-order valence-corrected chi connectivity index (χ3v) is 4.76. The minimum Gasteiger partial charge on any atom is -0.368 e. The van der Waals surface area contributed by atoms with Crippen molar-refractivity contribution in [2.75, 3.05) is 39.3 Å². The van der Waals surface area contributed by atoms with Gasteiger partial charge in [-0.3, -0.25) is 4.79 Å². The van der Waals surface area contributed by atoms with E-state index in [1.165, 1.54) is 32.5 Å². The summed E-state index contributed by atoms with van der Waals surface area (Å²) in [6.45, 7) is 12.8. The van der Waals surface area contributed by atoms with Crippen molar-refractivity contribution in [2.24, 2.45) is 11.7 Å². The van der Waals surface area contributed by atoms with E-state index < -0.39 is 5.54 Å². The topological polar surface area (TPSA) is 61.6 Å². The first kappa shape index (κ1) is 16.7. The molecule has 1 aliphatic heterocycles. The summed E-state index contributed by atoms with van der Waals surface area (Å²) in [6.07, 6.45) is 3.64. The molecule has 2 rings (SSSR count). The van der Waals surface area contributed by atoms with Gasteiger partial charge in [0.2, 0.25) is 5.91 Å². The quantitative estimate of drug-likeness (QED) is 0.690. The summed E-state index contributed by atoms with van der Waals surface area (Å²) >= 11 is 0. The molecule has 0 radical (unpaired) electrons. The highest BCUT2D eigenvalue weighted by atomic mass is 16.1. The summed E-state index contributed by atoms with van der Waals surface area (Å²) in [6, 6.07) is 0.262. The van der Waals surface area contributed by atoms with E-state index in [0.717, 1.165) is 32.0 Å². The van der Waals surface area contributed by atoms with Crippen LogP contribution in [-0.2, 0) is 4.79 Å². The van der Waals surface area contributed by atoms with Crippen molar-refractivity contribution >= 4 is 5.91 Å². The van der Waals surface area contributed by atoms with Crippen LogP contribution in [0.25, 0.3) is 0 Å². The van der Waals surface area contributed by atoms with Gasteiger partial charge < -0.3 is 20.9 Å². The molecule has 1 aliphatic carbocycles. The Balaban J connectivity index is 1.72. The SMILES string of the molecule is CC(C)NC(C)(CCN1CCN(CC2CC2)CC1)C(N)=O. The molecular weight excluding hydrogens is 264 g/mol. The molecule has 1 heterocycles. The Kier molecular flexibility index (Phi) is 5.63. The molecule has 2 fully saturated rings. The predicted octanol–water partition coefficient (Wildman–Crippen LogP) is 0.646. The number of rotatable bonds is 8. The predicted molar refractivity (Wildman–Crippen MR) is 86.1 cm³/mol. The minimum atomic E-state index is -0.598. The van der Waals surface area contributed by atoms with Crippen LogP contribution in [0, 0.1) is 5.92 Å². The summed E-state index contributed by atoms with van der Waals surface area (Å²) in [4.78, 5) is 16.8. The Hall–Kier alpha value is -0.650. The molecule has 5 nitrogen and oxygen atoms in total. The van der Waals surface area contributed by atoms with Gasteiger partial charge in [-0.05, 0) is 46.0 Å². The molecule has 122 valence electrons. The van der Waals surface area contributed by atoms with Gasteiger partial charge in [-0.2, -0.15) is 0 Å². The van der Waals surface area contributed by atoms with E-state index in [-0.39, 0.29) is 11.9 Å². The lowest BCUT2D eigenvalue weighted by Gasteiger charge is -2.37. The van der Waals surface area contributed by atoms with Crippen molar-refractivity contribution in [3.8, 4) is 0 Å². The van der Waals surface area contributed by atoms with Crippen LogP contribution in [0.1, 0.15) is 40.0 Å². The maximum absolute atomic E-state index is 11.7. The number of carbonyl (C=O) groups is 1. The van der Waals surface area contributed by atoms with Crippen LogP contribution in [0.4, 0.5) is 0 Å². The number of hydrogen-bond donors (Lipinski definition) is 2. The average molecular weight is 296 g/mol. The molecule has 2 aliphatic rings. The molecule has 0 spiro atoms. The summed E-state index contributed by atoms with van der Waals surface area (Å²) in [5.74, 6) is 0.730. The Labute approximate surface area is 129 Å². The molecule has 1 amide bonds. The van der Waals surface area contributed by atoms with Crippen molar-refractivity contribution in [3.05, 3.63) is 0 Å². The summed E-state index contributed by atoms with van der Waals surface area (Å²) in [5, 5.41) is 3.33. The van der Waals surface area contributed by atoms with E-state index in [9.17, 15) is 4.79 Å². The molecule has 1 saturated heterocycles. The molecule has 1 saturated carbocycles. The first-order valence-corrected chi connectivity index (χ1v) is 8.41. The molecule has 0 aromatic carbocycles. The van der Waals surface area contributed by atoms with Gasteiger partial charge in [0.15, 0.2) is 0 Å². The first-order valence-electron chi connectivity index (χ1n) is 8.41. The lowest BCUT2D eigenvalue weighted by Crippen LogP contribution is -2.57. The zero-order valence-electron chi connectivity index (χ0n) is 13.9. The number of nitrogens with one attached hydrogen (secondary N) is 1. The minimum absolute atomic E-state index is 0.247. The largest absolute Gasteiger partial charge is 0.368 e. The van der Waals surface area contributed by atoms with Crippen LogP contribution < -0.4 is 11.1 Å². The van der Waals surface area contributed by atoms with E-state index >= 15 is 0 Å². The fraction of sp³-hybridized carbons (Fsp3) is 0.938. The van der Waals surface area contributed by atoms with Crippen molar-refractivity contribution in [2.45, 2.75) is 51.6 Å². The summed E-state index contributed by atoms with van der Waals surface area (Å²) in [7, 11) is 0. The van der Waals surface area contributed by atoms with Crippen LogP contribution in [0.15, 0.2) is 0 Å². The number of amides is 1. The molecule has 1 unspecified atom stereocenters. The van der Waals surface area contributed by atoms with Gasteiger partial charge in [0, 0.05) is 45.3 Å². The van der Waals surface area contributed by atoms with Crippen LogP contribution in [0.2, 0.25) is 0 Å². The highest BCUT2D eigenvalue weighted by molar-refractivity contribution is 5.84. The van der Waals surface area contributed by atoms with E-state index in [0.29, 0.717) is 0 Å². The lowest BCUT2D eigenvalue weighted by molar-refractivity contribution is -0.124. The molecule has 3 N–H and O–H groups in total. The van der Waals surface area contributed by atoms with E-state index in [1.807, 2.05) is 6.92 Å². The second-order valence-corrected chi connectivity index (χ2v) is 7.33. The van der Waals surface area contributed by atoms with Crippen molar-refractivity contribution < 1.29 is 4.79 Å². The standard InChI is InChI=1S/C16H32N4O/c1-13(2)18-16(3,15(17)21)6-7-19-8-10-20(11-9-19)12-14-4-5-14/h13-14,18H,4-12H2,1-3H3,(H2,17,21). The number of carbonyl (C=O) groups excluding carboxylic acids is 1. The highest BCUT2D eigenvalue weighted by Gasteiger charge is 2.32. The zero-order chi connectivity index (χ0) is 15.5. The van der Waals surface area contributed by atoms with Crippen molar-refractivity contribution in [1.82, 2.24) is 15.1 Å². The normalized spacial score (nSPS) is 24.2. The first-order chi connectivity index (χ1) is 9.89. The van der Waals surface area contributed by atoms with Gasteiger partial charge in [0.25, 0.3) is 0 Å². The van der Waals surface area contributed by atoms with Crippen LogP contribution >= 0.6 is 0 Å². The van der Waals surface area contributed by atoms with Crippen LogP contribution in [0.3, 0.4) is 0 Å². The molecule has 0 aromatic rings. The Morgan fingerprint density at radius 1 is 1.24 bits per heavy atom. The number of primary amides is 1. The second kappa shape index (κ2) is 7.07. The number of nitrogens with zero attached hydrogens (tertiary/aromatic N) is 2. The van der Waals surface area contributed by atoms with Gasteiger partial charge >= 0.3 is 0 Å². The van der Waals surface area contributed by atoms with Crippen molar-refractivity contribution in [3.63, 3.8) is 0 Å². The van der Waals surface area contributed by atoms with Gasteiger partial charge in [0.05, 0.1) is 5.54 Å². The fourth-order valence-corrected chi connectivity index (χ4v) is 3.15. The molecule has 0 aromatic heterocycles. The molecule has 1 atom stereocenters. The van der Waals surface area contributed by atoms with E-state index in [1.54, 1.807) is 0 Å². The summed E-state index contributed by atoms with van der Waals surface area (Å²) in [5.41, 5.74) is 4.99. The number of piperazine rings is 1. The van der Waals surface area contributed by atoms with E-state index in [4.69, 9.17) is 5.73 Å². The van der Waals surface area contributed by atoms with Crippen LogP contribution in [0.5, 0.6) is 0 Å². The summed E-state index contributed by atoms with van der Waals surface area (Å²) < 4.78 is 0. The maximum atomic E-state index is 11.7. The molecule has 5 heteroatoms. The van der Waals surface area contributed by atoms with Gasteiger partial charge in [-0.1, -0.05) is 0 Å². The third-order valence-electron chi connectivity index (χ3n) is 4.76. The third kappa shape index (κ3) is 5.24. The van der Waals surface area contributed by atoms with Gasteiger partial charge in [-0.25, -0.2) is 0 Å². The lowest BCUT2D eigenvalue weighted by atomic mass is 9.95. The molecule has 0 bridgehead atoms. The van der Waals surface area contributed by atoms with Gasteiger partial charge in [0.1, 0.15) is 0 Å². The van der Waals surface area contributed by atoms with Gasteiger partial charge in [-0.15, -0.1) is 0 Å². The Bertz CT molecular complexity index is 348. The van der Waals surface area contributed by atoms with Crippen LogP contribution in [-0.4, -0.2) is 66.6 Å². The maximum Gasteiger partial charge on any atom is 0.237 e.